The van der Waals surface area contributed by atoms with Gasteiger partial charge in [0.2, 0.25) is 17.0 Å². The zero-order chi connectivity index (χ0) is 32.6. The first kappa shape index (κ1) is 31.4. The van der Waals surface area contributed by atoms with Crippen LogP contribution in [0.15, 0.2) is 95.0 Å². The number of nitrogen functional groups attached to an aromatic ring is 1. The number of anilines is 1. The Bertz CT molecular complexity index is 1960. The molecule has 1 unspecified atom stereocenters. The number of hydrogen-bond acceptors (Lipinski definition) is 6. The molecule has 234 valence electrons. The first-order valence-corrected chi connectivity index (χ1v) is 15.6. The first-order valence-electron chi connectivity index (χ1n) is 14.4. The normalized spacial score (nSPS) is 13.7. The number of nitrogens with one attached hydrogen (secondary N) is 1. The molecule has 7 nitrogen and oxygen atoms in total. The van der Waals surface area contributed by atoms with Gasteiger partial charge in [0.05, 0.1) is 5.92 Å². The van der Waals surface area contributed by atoms with Gasteiger partial charge in [0, 0.05) is 15.5 Å². The Morgan fingerprint density at radius 1 is 0.957 bits per heavy atom. The highest BCUT2D eigenvalue weighted by atomic mass is 35.5. The minimum absolute atomic E-state index is 0.103. The van der Waals surface area contributed by atoms with Crippen LogP contribution in [0.25, 0.3) is 22.3 Å². The molecule has 6 rings (SSSR count). The number of nitrogens with zero attached hydrogens (tertiary/aromatic N) is 3. The molecule has 4 aromatic carbocycles. The summed E-state index contributed by atoms with van der Waals surface area (Å²) in [4.78, 5) is 32.1. The number of aromatic nitrogens is 3. The van der Waals surface area contributed by atoms with E-state index in [1.54, 1.807) is 36.4 Å². The van der Waals surface area contributed by atoms with Crippen LogP contribution < -0.4 is 11.1 Å². The lowest BCUT2D eigenvalue weighted by Gasteiger charge is -2.19. The van der Waals surface area contributed by atoms with Crippen molar-refractivity contribution in [3.63, 3.8) is 0 Å². The van der Waals surface area contributed by atoms with Crippen molar-refractivity contribution in [1.29, 1.82) is 0 Å². The number of amides is 1. The summed E-state index contributed by atoms with van der Waals surface area (Å²) < 4.78 is 40.2. The summed E-state index contributed by atoms with van der Waals surface area (Å²) in [6.45, 7) is 0.559. The van der Waals surface area contributed by atoms with Crippen molar-refractivity contribution in [1.82, 2.24) is 20.1 Å². The van der Waals surface area contributed by atoms with Crippen LogP contribution in [0.4, 0.5) is 19.1 Å². The summed E-state index contributed by atoms with van der Waals surface area (Å²) >= 11 is 7.24. The summed E-state index contributed by atoms with van der Waals surface area (Å²) in [5.41, 5.74) is 11.8. The molecule has 0 saturated heterocycles. The number of hydrogen-bond donors (Lipinski definition) is 2. The topological polar surface area (TPSA) is 103 Å². The molecule has 1 aromatic heterocycles. The minimum atomic E-state index is -4.54. The molecule has 46 heavy (non-hydrogen) atoms. The van der Waals surface area contributed by atoms with Crippen LogP contribution in [0.3, 0.4) is 0 Å². The van der Waals surface area contributed by atoms with Crippen molar-refractivity contribution in [3.8, 4) is 22.3 Å². The van der Waals surface area contributed by atoms with Gasteiger partial charge < -0.3 is 11.1 Å². The maximum absolute atomic E-state index is 13.7. The van der Waals surface area contributed by atoms with Crippen LogP contribution in [0.5, 0.6) is 0 Å². The molecule has 5 aromatic rings. The quantitative estimate of drug-likeness (QED) is 0.176. The van der Waals surface area contributed by atoms with E-state index < -0.39 is 30.5 Å². The fourth-order valence-corrected chi connectivity index (χ4v) is 6.84. The predicted molar refractivity (Wildman–Crippen MR) is 172 cm³/mol. The molecule has 0 saturated carbocycles. The maximum atomic E-state index is 13.7. The van der Waals surface area contributed by atoms with Crippen LogP contribution in [0.1, 0.15) is 46.3 Å². The van der Waals surface area contributed by atoms with Gasteiger partial charge in [-0.3, -0.25) is 9.59 Å². The molecule has 1 aliphatic carbocycles. The van der Waals surface area contributed by atoms with Gasteiger partial charge in [-0.25, -0.2) is 0 Å². The second-order valence-corrected chi connectivity index (χ2v) is 12.2. The van der Waals surface area contributed by atoms with Crippen LogP contribution >= 0.6 is 23.4 Å². The molecule has 3 N–H and O–H groups in total. The van der Waals surface area contributed by atoms with E-state index in [1.807, 2.05) is 55.5 Å². The van der Waals surface area contributed by atoms with Gasteiger partial charge in [0.25, 0.3) is 5.91 Å². The Morgan fingerprint density at radius 2 is 1.65 bits per heavy atom. The van der Waals surface area contributed by atoms with Gasteiger partial charge in [-0.1, -0.05) is 85.6 Å². The molecule has 0 fully saturated rings. The standard InChI is InChI=1S/C34H27ClF3N5O2S/c1-2-7-26-27(17-16-24-22-9-4-5-10-23(22)29(28(24)26)30(44)40-18-34(36,37)38)46-33-41-32(39)43(42-33)31(45)25-11-6-3-8-21(25)19-12-14-20(35)15-13-19/h3-6,8-17,29H,2,7,18H2,1H3,(H,40,44)(H2,39,41,42). The molecule has 12 heteroatoms. The second kappa shape index (κ2) is 12.6. The highest BCUT2D eigenvalue weighted by Gasteiger charge is 2.38. The highest BCUT2D eigenvalue weighted by molar-refractivity contribution is 7.99. The lowest BCUT2D eigenvalue weighted by atomic mass is 9.90. The Kier molecular flexibility index (Phi) is 8.63. The van der Waals surface area contributed by atoms with Crippen molar-refractivity contribution >= 4 is 41.1 Å². The van der Waals surface area contributed by atoms with E-state index in [4.69, 9.17) is 17.3 Å². The lowest BCUT2D eigenvalue weighted by Crippen LogP contribution is -2.37. The average molecular weight is 662 g/mol. The van der Waals surface area contributed by atoms with Crippen LogP contribution in [-0.4, -0.2) is 39.3 Å². The van der Waals surface area contributed by atoms with E-state index in [2.05, 4.69) is 15.4 Å². The summed E-state index contributed by atoms with van der Waals surface area (Å²) in [7, 11) is 0. The number of nitrogens with two attached hydrogens (primary N) is 1. The van der Waals surface area contributed by atoms with Crippen LogP contribution in [0.2, 0.25) is 5.02 Å². The Balaban J connectivity index is 1.36. The zero-order valence-electron chi connectivity index (χ0n) is 24.4. The highest BCUT2D eigenvalue weighted by Crippen LogP contribution is 2.49. The van der Waals surface area contributed by atoms with Crippen molar-refractivity contribution in [2.45, 2.75) is 41.9 Å². The number of alkyl halides is 3. The van der Waals surface area contributed by atoms with Gasteiger partial charge >= 0.3 is 6.18 Å². The van der Waals surface area contributed by atoms with Gasteiger partial charge in [0.1, 0.15) is 6.54 Å². The third kappa shape index (κ3) is 6.12. The van der Waals surface area contributed by atoms with Crippen molar-refractivity contribution < 1.29 is 22.8 Å². The molecule has 0 aliphatic heterocycles. The van der Waals surface area contributed by atoms with Crippen molar-refractivity contribution in [2.75, 3.05) is 12.3 Å². The number of halogens is 4. The number of rotatable bonds is 8. The van der Waals surface area contributed by atoms with Gasteiger partial charge in [-0.2, -0.15) is 22.8 Å². The second-order valence-electron chi connectivity index (χ2n) is 10.7. The molecular formula is C34H27ClF3N5O2S. The molecule has 1 aliphatic rings. The maximum Gasteiger partial charge on any atom is 0.405 e. The van der Waals surface area contributed by atoms with E-state index in [-0.39, 0.29) is 11.1 Å². The summed E-state index contributed by atoms with van der Waals surface area (Å²) in [6.07, 6.45) is -3.29. The Labute approximate surface area is 272 Å². The van der Waals surface area contributed by atoms with Crippen molar-refractivity contribution in [3.05, 3.63) is 112 Å². The van der Waals surface area contributed by atoms with Crippen molar-refractivity contribution in [2.24, 2.45) is 0 Å². The number of carbonyl (C=O) groups excluding carboxylic acids is 2. The van der Waals surface area contributed by atoms with E-state index >= 15 is 0 Å². The molecular weight excluding hydrogens is 635 g/mol. The van der Waals surface area contributed by atoms with E-state index in [0.717, 1.165) is 26.9 Å². The minimum Gasteiger partial charge on any atom is -0.368 e. The first-order chi connectivity index (χ1) is 22.1. The Hall–Kier alpha value is -4.61. The smallest absolute Gasteiger partial charge is 0.368 e. The van der Waals surface area contributed by atoms with Crippen LogP contribution in [0, 0.1) is 0 Å². The van der Waals surface area contributed by atoms with Gasteiger partial charge in [-0.05, 0) is 81.4 Å². The molecule has 0 spiro atoms. The summed E-state index contributed by atoms with van der Waals surface area (Å²) in [6, 6.07) is 25.2. The number of benzene rings is 4. The lowest BCUT2D eigenvalue weighted by molar-refractivity contribution is -0.138. The summed E-state index contributed by atoms with van der Waals surface area (Å²) in [5, 5.41) is 7.31. The molecule has 1 amide bonds. The van der Waals surface area contributed by atoms with Gasteiger partial charge in [-0.15, -0.1) is 5.10 Å². The van der Waals surface area contributed by atoms with Crippen LogP contribution in [-0.2, 0) is 11.2 Å². The molecule has 1 atom stereocenters. The number of carbonyl (C=O) groups is 2. The third-order valence-electron chi connectivity index (χ3n) is 7.71. The predicted octanol–water partition coefficient (Wildman–Crippen LogP) is 7.76. The SMILES string of the molecule is CCCc1c(Sc2nc(N)n(C(=O)c3ccccc3-c3ccc(Cl)cc3)n2)ccc2c1C(C(=O)NCC(F)(F)F)c1ccccc1-2. The fourth-order valence-electron chi connectivity index (χ4n) is 5.78. The fraction of sp³-hybridized carbons (Fsp3) is 0.176. The molecule has 1 heterocycles. The van der Waals surface area contributed by atoms with E-state index in [9.17, 15) is 22.8 Å². The van der Waals surface area contributed by atoms with E-state index in [0.29, 0.717) is 45.0 Å². The largest absolute Gasteiger partial charge is 0.405 e. The monoisotopic (exact) mass is 661 g/mol. The number of fused-ring (bicyclic) bond motifs is 3. The summed E-state index contributed by atoms with van der Waals surface area (Å²) in [5.74, 6) is -2.22. The van der Waals surface area contributed by atoms with Gasteiger partial charge in [0.15, 0.2) is 0 Å². The zero-order valence-corrected chi connectivity index (χ0v) is 26.0. The third-order valence-corrected chi connectivity index (χ3v) is 8.92. The molecule has 0 bridgehead atoms. The average Bonchev–Trinajstić information content (AvgIpc) is 3.58. The Morgan fingerprint density at radius 3 is 2.37 bits per heavy atom. The molecule has 0 radical (unpaired) electrons. The van der Waals surface area contributed by atoms with E-state index in [1.165, 1.54) is 11.8 Å².